The summed E-state index contributed by atoms with van der Waals surface area (Å²) < 4.78 is 33.8. The van der Waals surface area contributed by atoms with Crippen molar-refractivity contribution in [3.63, 3.8) is 0 Å². The average Bonchev–Trinajstić information content (AvgIpc) is 3.46. The van der Waals surface area contributed by atoms with Gasteiger partial charge >= 0.3 is 0 Å². The molecule has 1 amide bonds. The molecule has 6 nitrogen and oxygen atoms in total. The molecule has 0 radical (unpaired) electrons. The van der Waals surface area contributed by atoms with Crippen molar-refractivity contribution < 1.29 is 18.3 Å². The largest absolute Gasteiger partial charge is 0.494 e. The number of nitrogens with one attached hydrogen (secondary N) is 1. The summed E-state index contributed by atoms with van der Waals surface area (Å²) in [6.45, 7) is 3.84. The van der Waals surface area contributed by atoms with Crippen molar-refractivity contribution in [2.45, 2.75) is 62.4 Å². The van der Waals surface area contributed by atoms with Gasteiger partial charge in [0.1, 0.15) is 5.75 Å². The second kappa shape index (κ2) is 11.3. The monoisotopic (exact) mass is 632 g/mol. The van der Waals surface area contributed by atoms with Crippen molar-refractivity contribution in [3.8, 4) is 16.2 Å². The van der Waals surface area contributed by atoms with Gasteiger partial charge in [-0.2, -0.15) is 0 Å². The number of fused-ring (bicyclic) bond motifs is 1. The van der Waals surface area contributed by atoms with Gasteiger partial charge in [0, 0.05) is 52.5 Å². The smallest absolute Gasteiger partial charge is 0.261 e. The summed E-state index contributed by atoms with van der Waals surface area (Å²) in [7, 11) is 3.05. The number of ether oxygens (including phenoxy) is 1. The number of rotatable bonds is 9. The van der Waals surface area contributed by atoms with E-state index >= 15 is 0 Å². The van der Waals surface area contributed by atoms with Crippen LogP contribution in [0, 0.1) is 6.92 Å². The maximum absolute atomic E-state index is 13.9. The molecule has 1 N–H and O–H groups in total. The first kappa shape index (κ1) is 29.5. The lowest BCUT2D eigenvalue weighted by Crippen LogP contribution is -2.53. The Morgan fingerprint density at radius 3 is 2.70 bits per heavy atom. The molecule has 3 aliphatic rings. The molecule has 2 atom stereocenters. The van der Waals surface area contributed by atoms with Gasteiger partial charge in [-0.3, -0.25) is 14.7 Å². The van der Waals surface area contributed by atoms with Gasteiger partial charge in [-0.1, -0.05) is 12.1 Å². The van der Waals surface area contributed by atoms with Crippen LogP contribution >= 0.6 is 11.3 Å². The Kier molecular flexibility index (Phi) is 7.59. The maximum Gasteiger partial charge on any atom is 0.261 e. The maximum atomic E-state index is 13.9. The first-order chi connectivity index (χ1) is 21.1. The van der Waals surface area contributed by atoms with Gasteiger partial charge in [0.2, 0.25) is 0 Å². The first-order valence-electron chi connectivity index (χ1n) is 15.5. The van der Waals surface area contributed by atoms with Gasteiger partial charge in [-0.05, 0) is 98.9 Å². The summed E-state index contributed by atoms with van der Waals surface area (Å²) in [5.41, 5.74) is 4.22. The zero-order valence-electron chi connectivity index (χ0n) is 25.4. The molecular formula is C34H38F2N4O2SSi. The van der Waals surface area contributed by atoms with E-state index in [2.05, 4.69) is 46.5 Å². The molecule has 2 saturated heterocycles. The quantitative estimate of drug-likeness (QED) is 0.254. The summed E-state index contributed by atoms with van der Waals surface area (Å²) >= 11 is 1.63. The molecule has 1 unspecified atom stereocenters. The van der Waals surface area contributed by atoms with E-state index in [1.54, 1.807) is 17.5 Å². The van der Waals surface area contributed by atoms with E-state index in [1.165, 1.54) is 0 Å². The standard InChI is InChI=1S/C34H38F2N4O2SSi/c1-21-5-6-23(42-32(44)29-9-14-39(29)2)18-26(21)31(41)38-33(10-11-33)27-16-22(17-28-25(27)4-3-13-37-28)30-8-7-24(43-30)19-40-15-12-34(35,36)20-40/h3-8,13,16-18,29,32H,9-12,14-15,19-20H2,1-2,44H3,(H,38,41)/t29-,32?/m0/s1. The lowest BCUT2D eigenvalue weighted by atomic mass is 9.95. The Bertz CT molecular complexity index is 1720. The Hall–Kier alpha value is -3.18. The van der Waals surface area contributed by atoms with Gasteiger partial charge in [0.05, 0.1) is 33.6 Å². The van der Waals surface area contributed by atoms with Crippen molar-refractivity contribution >= 4 is 38.4 Å². The number of halogens is 2. The van der Waals surface area contributed by atoms with E-state index in [4.69, 9.17) is 4.74 Å². The highest BCUT2D eigenvalue weighted by Gasteiger charge is 2.47. The van der Waals surface area contributed by atoms with Gasteiger partial charge in [-0.25, -0.2) is 8.78 Å². The number of benzene rings is 2. The lowest BCUT2D eigenvalue weighted by Gasteiger charge is -2.41. The predicted octanol–water partition coefficient (Wildman–Crippen LogP) is 5.31. The number of likely N-dealkylation sites (tertiary alicyclic amines) is 2. The summed E-state index contributed by atoms with van der Waals surface area (Å²) in [6.07, 6.45) is 4.56. The summed E-state index contributed by atoms with van der Waals surface area (Å²) in [4.78, 5) is 24.8. The fourth-order valence-electron chi connectivity index (χ4n) is 6.71. The number of hydrogen-bond donors (Lipinski definition) is 1. The number of amides is 1. The number of pyridine rings is 1. The third kappa shape index (κ3) is 5.80. The molecule has 2 aliphatic heterocycles. The second-order valence-corrected chi connectivity index (χ2v) is 15.2. The third-order valence-corrected chi connectivity index (χ3v) is 11.7. The highest BCUT2D eigenvalue weighted by Crippen LogP contribution is 2.49. The van der Waals surface area contributed by atoms with E-state index in [-0.39, 0.29) is 24.6 Å². The second-order valence-electron chi connectivity index (χ2n) is 12.8. The minimum atomic E-state index is -2.60. The molecular weight excluding hydrogens is 595 g/mol. The van der Waals surface area contributed by atoms with E-state index in [1.807, 2.05) is 42.2 Å². The molecule has 10 heteroatoms. The number of carbonyl (C=O) groups is 1. The normalized spacial score (nSPS) is 21.7. The molecule has 7 rings (SSSR count). The number of carbonyl (C=O) groups excluding carboxylic acids is 1. The molecule has 3 fully saturated rings. The van der Waals surface area contributed by atoms with E-state index in [0.29, 0.717) is 24.7 Å². The van der Waals surface area contributed by atoms with Crippen LogP contribution in [0.4, 0.5) is 8.78 Å². The number of likely N-dealkylation sites (N-methyl/N-ethyl adjacent to an activating group) is 1. The third-order valence-electron chi connectivity index (χ3n) is 9.57. The van der Waals surface area contributed by atoms with Crippen LogP contribution in [0.2, 0.25) is 0 Å². The highest BCUT2D eigenvalue weighted by molar-refractivity contribution is 7.15. The fraction of sp³-hybridized carbons (Fsp3) is 0.412. The van der Waals surface area contributed by atoms with Crippen LogP contribution in [0.1, 0.15) is 52.0 Å². The molecule has 1 saturated carbocycles. The number of nitrogens with zero attached hydrogens (tertiary/aromatic N) is 3. The molecule has 0 spiro atoms. The first-order valence-corrected chi connectivity index (χ1v) is 17.4. The number of aromatic nitrogens is 1. The van der Waals surface area contributed by atoms with Crippen molar-refractivity contribution in [2.24, 2.45) is 0 Å². The van der Waals surface area contributed by atoms with E-state index in [9.17, 15) is 13.6 Å². The van der Waals surface area contributed by atoms with Crippen molar-refractivity contribution in [3.05, 3.63) is 82.4 Å². The zero-order valence-corrected chi connectivity index (χ0v) is 28.2. The molecule has 4 heterocycles. The van der Waals surface area contributed by atoms with Gasteiger partial charge in [0.25, 0.3) is 11.8 Å². The minimum Gasteiger partial charge on any atom is -0.494 e. The van der Waals surface area contributed by atoms with Crippen LogP contribution in [-0.4, -0.2) is 75.3 Å². The van der Waals surface area contributed by atoms with Gasteiger partial charge in [0.15, 0.2) is 0 Å². The summed E-state index contributed by atoms with van der Waals surface area (Å²) in [5.74, 6) is -1.95. The zero-order chi connectivity index (χ0) is 30.6. The Morgan fingerprint density at radius 1 is 1.16 bits per heavy atom. The van der Waals surface area contributed by atoms with Crippen LogP contribution in [0.5, 0.6) is 5.75 Å². The van der Waals surface area contributed by atoms with Crippen molar-refractivity contribution in [2.75, 3.05) is 26.7 Å². The fourth-order valence-corrected chi connectivity index (χ4v) is 8.87. The Balaban J connectivity index is 1.14. The van der Waals surface area contributed by atoms with Crippen LogP contribution < -0.4 is 10.1 Å². The van der Waals surface area contributed by atoms with E-state index < -0.39 is 11.5 Å². The van der Waals surface area contributed by atoms with Crippen LogP contribution in [0.15, 0.2) is 60.8 Å². The van der Waals surface area contributed by atoms with Crippen molar-refractivity contribution in [1.82, 2.24) is 20.1 Å². The van der Waals surface area contributed by atoms with Crippen molar-refractivity contribution in [1.29, 1.82) is 0 Å². The molecule has 230 valence electrons. The van der Waals surface area contributed by atoms with Crippen LogP contribution in [0.3, 0.4) is 0 Å². The molecule has 0 bridgehead atoms. The van der Waals surface area contributed by atoms with Crippen LogP contribution in [0.25, 0.3) is 21.3 Å². The number of alkyl halides is 2. The minimum absolute atomic E-state index is 0.0751. The lowest BCUT2D eigenvalue weighted by molar-refractivity contribution is 0.0116. The number of thiophene rings is 1. The SMILES string of the molecule is Cc1ccc(OC([SiH3])[C@@H]2CCN2C)cc1C(=O)NC1(c2cc(-c3ccc(CN4CCC(F)(F)C4)s3)cc3ncccc23)CC1. The molecule has 4 aromatic rings. The van der Waals surface area contributed by atoms with Crippen LogP contribution in [-0.2, 0) is 12.1 Å². The summed E-state index contributed by atoms with van der Waals surface area (Å²) in [5, 5.41) is 4.44. The van der Waals surface area contributed by atoms with Gasteiger partial charge < -0.3 is 15.0 Å². The molecule has 1 aliphatic carbocycles. The average molecular weight is 633 g/mol. The topological polar surface area (TPSA) is 57.7 Å². The van der Waals surface area contributed by atoms with E-state index in [0.717, 1.165) is 79.1 Å². The molecule has 2 aromatic heterocycles. The van der Waals surface area contributed by atoms with Gasteiger partial charge in [-0.15, -0.1) is 11.3 Å². The number of aryl methyl sites for hydroxylation is 1. The Labute approximate surface area is 263 Å². The predicted molar refractivity (Wildman–Crippen MR) is 175 cm³/mol. The summed E-state index contributed by atoms with van der Waals surface area (Å²) in [6, 6.07) is 18.7. The molecule has 44 heavy (non-hydrogen) atoms. The Morgan fingerprint density at radius 2 is 2.00 bits per heavy atom. The highest BCUT2D eigenvalue weighted by atomic mass is 32.1. The number of hydrogen-bond acceptors (Lipinski definition) is 6. The molecule has 2 aromatic carbocycles.